The van der Waals surface area contributed by atoms with Crippen LogP contribution >= 0.6 is 0 Å². The van der Waals surface area contributed by atoms with Crippen molar-refractivity contribution in [3.05, 3.63) is 12.2 Å². The van der Waals surface area contributed by atoms with Crippen LogP contribution in [0.2, 0.25) is 0 Å². The van der Waals surface area contributed by atoms with Crippen LogP contribution in [0, 0.1) is 11.3 Å². The number of hydrogen-bond donors (Lipinski definition) is 1. The lowest BCUT2D eigenvalue weighted by Gasteiger charge is -2.68. The number of hydrogen-bond acceptors (Lipinski definition) is 1. The van der Waals surface area contributed by atoms with Gasteiger partial charge >= 0.3 is 0 Å². The summed E-state index contributed by atoms with van der Waals surface area (Å²) < 4.78 is 0. The fourth-order valence-electron chi connectivity index (χ4n) is 3.30. The molecule has 3 fully saturated rings. The summed E-state index contributed by atoms with van der Waals surface area (Å²) in [5.41, 5.74) is -0.0609. The van der Waals surface area contributed by atoms with Crippen molar-refractivity contribution in [2.75, 3.05) is 0 Å². The second kappa shape index (κ2) is 1.95. The molecule has 1 N–H and O–H groups in total. The summed E-state index contributed by atoms with van der Waals surface area (Å²) in [5.74, 6) is 0.976. The van der Waals surface area contributed by atoms with Gasteiger partial charge in [-0.25, -0.2) is 0 Å². The molecule has 2 bridgehead atoms. The van der Waals surface area contributed by atoms with E-state index >= 15 is 0 Å². The van der Waals surface area contributed by atoms with Crippen LogP contribution in [0.15, 0.2) is 12.2 Å². The number of allylic oxidation sites excluding steroid dienone is 1. The highest BCUT2D eigenvalue weighted by atomic mass is 16.3. The summed E-state index contributed by atoms with van der Waals surface area (Å²) in [5, 5.41) is 10.4. The average Bonchev–Trinajstić information content (AvgIpc) is 1.80. The topological polar surface area (TPSA) is 20.2 Å². The van der Waals surface area contributed by atoms with Crippen LogP contribution in [0.4, 0.5) is 0 Å². The lowest BCUT2D eigenvalue weighted by Crippen LogP contribution is -2.65. The molecule has 0 aromatic carbocycles. The Bertz CT molecular complexity index is 226. The predicted octanol–water partition coefficient (Wildman–Crippen LogP) is 2.26. The molecular weight excluding hydrogens is 148 g/mol. The maximum absolute atomic E-state index is 10.4. The summed E-state index contributed by atoms with van der Waals surface area (Å²) in [4.78, 5) is 0. The van der Waals surface area contributed by atoms with Crippen molar-refractivity contribution in [1.29, 1.82) is 0 Å². The molecule has 1 heteroatoms. The molecule has 0 amide bonds. The zero-order chi connectivity index (χ0) is 8.23. The molecule has 66 valence electrons. The van der Waals surface area contributed by atoms with Crippen molar-refractivity contribution in [2.45, 2.75) is 44.1 Å². The summed E-state index contributed by atoms with van der Waals surface area (Å²) in [6, 6.07) is 0. The van der Waals surface area contributed by atoms with E-state index in [9.17, 15) is 5.11 Å². The Labute approximate surface area is 73.5 Å². The largest absolute Gasteiger partial charge is 0.385 e. The summed E-state index contributed by atoms with van der Waals surface area (Å²) in [7, 11) is 0. The van der Waals surface area contributed by atoms with E-state index in [1.807, 2.05) is 0 Å². The molecule has 0 spiro atoms. The van der Waals surface area contributed by atoms with E-state index in [2.05, 4.69) is 12.2 Å². The zero-order valence-electron chi connectivity index (χ0n) is 7.42. The van der Waals surface area contributed by atoms with E-state index in [4.69, 9.17) is 0 Å². The highest BCUT2D eigenvalue weighted by Gasteiger charge is 2.65. The minimum absolute atomic E-state index is 0.342. The third-order valence-electron chi connectivity index (χ3n) is 4.28. The van der Waals surface area contributed by atoms with Gasteiger partial charge in [0.25, 0.3) is 0 Å². The van der Waals surface area contributed by atoms with Gasteiger partial charge < -0.3 is 5.11 Å². The Kier molecular flexibility index (Phi) is 1.16. The molecule has 0 radical (unpaired) electrons. The Morgan fingerprint density at radius 2 is 2.00 bits per heavy atom. The van der Waals surface area contributed by atoms with E-state index in [-0.39, 0.29) is 0 Å². The Morgan fingerprint density at radius 1 is 1.25 bits per heavy atom. The van der Waals surface area contributed by atoms with E-state index in [0.717, 1.165) is 12.3 Å². The van der Waals surface area contributed by atoms with Gasteiger partial charge in [0.2, 0.25) is 0 Å². The normalized spacial score (nSPS) is 55.9. The van der Waals surface area contributed by atoms with Crippen LogP contribution < -0.4 is 0 Å². The Balaban J connectivity index is 1.88. The van der Waals surface area contributed by atoms with Gasteiger partial charge in [0.05, 0.1) is 5.60 Å². The quantitative estimate of drug-likeness (QED) is 0.589. The highest BCUT2D eigenvalue weighted by Crippen LogP contribution is 2.70. The minimum atomic E-state index is -0.403. The van der Waals surface area contributed by atoms with E-state index in [1.165, 1.54) is 32.1 Å². The second-order valence-electron chi connectivity index (χ2n) is 4.98. The standard InChI is InChI=1S/C11H16O/c12-11(4-2-1-3-5-11)10-6-9(7-10)8-10/h2,4,9,12H,1,3,5-8H2. The van der Waals surface area contributed by atoms with Crippen LogP contribution in [-0.2, 0) is 0 Å². The molecule has 0 saturated heterocycles. The molecule has 1 nitrogen and oxygen atoms in total. The number of aliphatic hydroxyl groups is 1. The third-order valence-corrected chi connectivity index (χ3v) is 4.28. The van der Waals surface area contributed by atoms with Crippen LogP contribution in [-0.4, -0.2) is 10.7 Å². The van der Waals surface area contributed by atoms with Crippen molar-refractivity contribution in [1.82, 2.24) is 0 Å². The number of rotatable bonds is 1. The first-order valence-corrected chi connectivity index (χ1v) is 5.14. The van der Waals surface area contributed by atoms with Gasteiger partial charge in [-0.15, -0.1) is 0 Å². The molecule has 0 aliphatic heterocycles. The molecule has 0 heterocycles. The van der Waals surface area contributed by atoms with Crippen molar-refractivity contribution in [2.24, 2.45) is 11.3 Å². The third kappa shape index (κ3) is 0.646. The van der Waals surface area contributed by atoms with Crippen LogP contribution in [0.25, 0.3) is 0 Å². The van der Waals surface area contributed by atoms with Gasteiger partial charge in [0, 0.05) is 5.41 Å². The van der Waals surface area contributed by atoms with Crippen molar-refractivity contribution < 1.29 is 5.11 Å². The van der Waals surface area contributed by atoms with E-state index < -0.39 is 5.60 Å². The molecule has 12 heavy (non-hydrogen) atoms. The van der Waals surface area contributed by atoms with Crippen molar-refractivity contribution in [3.63, 3.8) is 0 Å². The van der Waals surface area contributed by atoms with Gasteiger partial charge in [-0.1, -0.05) is 12.2 Å². The van der Waals surface area contributed by atoms with Gasteiger partial charge in [-0.3, -0.25) is 0 Å². The maximum atomic E-state index is 10.4. The summed E-state index contributed by atoms with van der Waals surface area (Å²) in [6.07, 6.45) is 11.5. The Hall–Kier alpha value is -0.300. The predicted molar refractivity (Wildman–Crippen MR) is 47.7 cm³/mol. The molecule has 0 aromatic heterocycles. The molecule has 4 aliphatic rings. The maximum Gasteiger partial charge on any atom is 0.0884 e. The minimum Gasteiger partial charge on any atom is -0.385 e. The second-order valence-corrected chi connectivity index (χ2v) is 4.98. The fraction of sp³-hybridized carbons (Fsp3) is 0.818. The monoisotopic (exact) mass is 164 g/mol. The Morgan fingerprint density at radius 3 is 2.42 bits per heavy atom. The van der Waals surface area contributed by atoms with E-state index in [1.54, 1.807) is 0 Å². The molecule has 3 saturated carbocycles. The molecule has 1 unspecified atom stereocenters. The zero-order valence-corrected chi connectivity index (χ0v) is 7.42. The molecule has 4 aliphatic carbocycles. The van der Waals surface area contributed by atoms with Gasteiger partial charge in [-0.2, -0.15) is 0 Å². The van der Waals surface area contributed by atoms with Crippen molar-refractivity contribution in [3.8, 4) is 0 Å². The van der Waals surface area contributed by atoms with Crippen LogP contribution in [0.3, 0.4) is 0 Å². The van der Waals surface area contributed by atoms with Gasteiger partial charge in [0.1, 0.15) is 0 Å². The molecule has 4 rings (SSSR count). The first kappa shape index (κ1) is 7.14. The molecular formula is C11H16O. The van der Waals surface area contributed by atoms with Crippen LogP contribution in [0.5, 0.6) is 0 Å². The SMILES string of the molecule is OC1(C23CC(C2)C3)C=CCCC1. The lowest BCUT2D eigenvalue weighted by molar-refractivity contribution is -0.223. The van der Waals surface area contributed by atoms with Gasteiger partial charge in [0.15, 0.2) is 0 Å². The lowest BCUT2D eigenvalue weighted by atomic mass is 9.38. The van der Waals surface area contributed by atoms with Crippen molar-refractivity contribution >= 4 is 0 Å². The first-order chi connectivity index (χ1) is 5.74. The average molecular weight is 164 g/mol. The fourth-order valence-corrected chi connectivity index (χ4v) is 3.30. The molecule has 1 atom stereocenters. The summed E-state index contributed by atoms with van der Waals surface area (Å²) in [6.45, 7) is 0. The smallest absolute Gasteiger partial charge is 0.0884 e. The summed E-state index contributed by atoms with van der Waals surface area (Å²) >= 11 is 0. The van der Waals surface area contributed by atoms with Gasteiger partial charge in [-0.05, 0) is 44.4 Å². The highest BCUT2D eigenvalue weighted by molar-refractivity contribution is 5.24. The van der Waals surface area contributed by atoms with Crippen LogP contribution in [0.1, 0.15) is 38.5 Å². The van der Waals surface area contributed by atoms with E-state index in [0.29, 0.717) is 5.41 Å². The first-order valence-electron chi connectivity index (χ1n) is 5.14. The molecule has 0 aromatic rings.